The van der Waals surface area contributed by atoms with E-state index in [4.69, 9.17) is 14.8 Å². The molecule has 4 heterocycles. The summed E-state index contributed by atoms with van der Waals surface area (Å²) < 4.78 is 7.88. The number of H-pyrrole nitrogens is 2. The fraction of sp³-hybridized carbons (Fsp3) is 0.429. The average Bonchev–Trinajstić information content (AvgIpc) is 3.13. The number of nitrogens with zero attached hydrogens (tertiary/aromatic N) is 5. The van der Waals surface area contributed by atoms with Crippen LogP contribution in [-0.2, 0) is 11.2 Å². The average molecular weight is 389 g/mol. The zero-order valence-electron chi connectivity index (χ0n) is 16.7. The molecular weight excluding hydrogens is 366 g/mol. The molecule has 0 amide bonds. The van der Waals surface area contributed by atoms with Crippen LogP contribution in [0, 0.1) is 5.92 Å². The maximum absolute atomic E-state index is 5.96. The molecule has 4 atom stereocenters. The Morgan fingerprint density at radius 1 is 1.21 bits per heavy atom. The SMILES string of the molecule is C[C@@H]1C[C@H]1c1nc(-c2n[nH]c3c2C[C@H](C)O[C@@H]3C)n(-c2cccc3[nH]cnc23)n1. The van der Waals surface area contributed by atoms with Gasteiger partial charge >= 0.3 is 0 Å². The summed E-state index contributed by atoms with van der Waals surface area (Å²) in [5.74, 6) is 2.71. The molecule has 1 aromatic carbocycles. The number of hydrogen-bond donors (Lipinski definition) is 2. The first-order chi connectivity index (χ1) is 14.1. The summed E-state index contributed by atoms with van der Waals surface area (Å²) in [4.78, 5) is 12.7. The Morgan fingerprint density at radius 2 is 2.07 bits per heavy atom. The number of benzene rings is 1. The Morgan fingerprint density at radius 3 is 2.90 bits per heavy atom. The fourth-order valence-corrected chi connectivity index (χ4v) is 4.47. The minimum absolute atomic E-state index is 0.0101. The third-order valence-electron chi connectivity index (χ3n) is 6.17. The molecule has 0 spiro atoms. The zero-order valence-corrected chi connectivity index (χ0v) is 16.7. The molecular formula is C21H23N7O. The van der Waals surface area contributed by atoms with Gasteiger partial charge in [0.15, 0.2) is 11.6 Å². The number of ether oxygens (including phenoxy) is 1. The highest BCUT2D eigenvalue weighted by Crippen LogP contribution is 2.46. The highest BCUT2D eigenvalue weighted by molar-refractivity contribution is 5.84. The molecule has 1 saturated carbocycles. The molecule has 148 valence electrons. The van der Waals surface area contributed by atoms with Gasteiger partial charge in [0.1, 0.15) is 11.2 Å². The van der Waals surface area contributed by atoms with Gasteiger partial charge in [0, 0.05) is 17.9 Å². The summed E-state index contributed by atoms with van der Waals surface area (Å²) in [7, 11) is 0. The van der Waals surface area contributed by atoms with E-state index in [1.807, 2.05) is 22.9 Å². The van der Waals surface area contributed by atoms with E-state index in [-0.39, 0.29) is 12.2 Å². The van der Waals surface area contributed by atoms with Crippen molar-refractivity contribution in [2.45, 2.75) is 51.7 Å². The second-order valence-corrected chi connectivity index (χ2v) is 8.36. The van der Waals surface area contributed by atoms with Crippen LogP contribution in [0.2, 0.25) is 0 Å². The number of fused-ring (bicyclic) bond motifs is 2. The maximum atomic E-state index is 5.96. The number of aromatic amines is 2. The molecule has 29 heavy (non-hydrogen) atoms. The van der Waals surface area contributed by atoms with E-state index in [9.17, 15) is 0 Å². The zero-order chi connectivity index (χ0) is 19.7. The first-order valence-electron chi connectivity index (χ1n) is 10.2. The molecule has 2 aliphatic rings. The van der Waals surface area contributed by atoms with Crippen molar-refractivity contribution in [3.63, 3.8) is 0 Å². The van der Waals surface area contributed by atoms with Gasteiger partial charge in [-0.15, -0.1) is 0 Å². The van der Waals surface area contributed by atoms with Crippen LogP contribution in [0.4, 0.5) is 0 Å². The van der Waals surface area contributed by atoms with Gasteiger partial charge in [-0.25, -0.2) is 14.6 Å². The van der Waals surface area contributed by atoms with Crippen molar-refractivity contribution in [1.82, 2.24) is 34.9 Å². The van der Waals surface area contributed by atoms with Crippen LogP contribution in [0.3, 0.4) is 0 Å². The van der Waals surface area contributed by atoms with Crippen LogP contribution in [0.5, 0.6) is 0 Å². The van der Waals surface area contributed by atoms with Crippen molar-refractivity contribution < 1.29 is 4.74 Å². The summed E-state index contributed by atoms with van der Waals surface area (Å²) in [5.41, 5.74) is 5.84. The van der Waals surface area contributed by atoms with Crippen LogP contribution >= 0.6 is 0 Å². The number of rotatable bonds is 3. The Hall–Kier alpha value is -3.00. The maximum Gasteiger partial charge on any atom is 0.184 e. The molecule has 3 aromatic heterocycles. The van der Waals surface area contributed by atoms with Crippen LogP contribution < -0.4 is 0 Å². The smallest absolute Gasteiger partial charge is 0.184 e. The van der Waals surface area contributed by atoms with E-state index in [1.165, 1.54) is 5.56 Å². The Kier molecular flexibility index (Phi) is 3.50. The molecule has 1 fully saturated rings. The van der Waals surface area contributed by atoms with Gasteiger partial charge in [-0.1, -0.05) is 13.0 Å². The second-order valence-electron chi connectivity index (χ2n) is 8.36. The summed E-state index contributed by atoms with van der Waals surface area (Å²) in [6.07, 6.45) is 3.79. The topological polar surface area (TPSA) is 97.3 Å². The molecule has 8 heteroatoms. The fourth-order valence-electron chi connectivity index (χ4n) is 4.47. The third kappa shape index (κ3) is 2.55. The summed E-state index contributed by atoms with van der Waals surface area (Å²) in [5, 5.41) is 12.8. The quantitative estimate of drug-likeness (QED) is 0.557. The predicted octanol–water partition coefficient (Wildman–Crippen LogP) is 3.68. The largest absolute Gasteiger partial charge is 0.369 e. The Bertz CT molecular complexity index is 1220. The van der Waals surface area contributed by atoms with Crippen LogP contribution in [0.15, 0.2) is 24.5 Å². The molecule has 6 rings (SSSR count). The third-order valence-corrected chi connectivity index (χ3v) is 6.17. The standard InChI is InChI=1S/C21H23N7O/c1-10-7-13(10)20-24-21(18-14-8-11(2)29-12(3)17(14)25-26-18)28(27-20)16-6-4-5-15-19(16)23-9-22-15/h4-6,9-13H,7-8H2,1-3H3,(H,22,23)(H,25,26)/t10-,11+,12-,13-/m1/s1. The van der Waals surface area contributed by atoms with Crippen molar-refractivity contribution >= 4 is 11.0 Å². The lowest BCUT2D eigenvalue weighted by Gasteiger charge is -2.25. The summed E-state index contributed by atoms with van der Waals surface area (Å²) >= 11 is 0. The van der Waals surface area contributed by atoms with Crippen LogP contribution in [0.25, 0.3) is 28.2 Å². The Labute approximate surface area is 167 Å². The molecule has 4 aromatic rings. The number of para-hydroxylation sites is 1. The van der Waals surface area contributed by atoms with E-state index in [1.54, 1.807) is 6.33 Å². The number of imidazole rings is 1. The lowest BCUT2D eigenvalue weighted by molar-refractivity contribution is -0.00679. The van der Waals surface area contributed by atoms with Crippen molar-refractivity contribution in [3.8, 4) is 17.2 Å². The summed E-state index contributed by atoms with van der Waals surface area (Å²) in [6, 6.07) is 6.07. The van der Waals surface area contributed by atoms with E-state index in [0.717, 1.165) is 52.6 Å². The highest BCUT2D eigenvalue weighted by atomic mass is 16.5. The molecule has 2 N–H and O–H groups in total. The van der Waals surface area contributed by atoms with Gasteiger partial charge in [-0.2, -0.15) is 10.2 Å². The normalized spacial score (nSPS) is 26.0. The van der Waals surface area contributed by atoms with Gasteiger partial charge in [-0.3, -0.25) is 5.10 Å². The van der Waals surface area contributed by atoms with Gasteiger partial charge in [0.05, 0.1) is 35.4 Å². The minimum atomic E-state index is -0.0101. The first kappa shape index (κ1) is 16.9. The Balaban J connectivity index is 1.57. The van der Waals surface area contributed by atoms with E-state index in [2.05, 4.69) is 40.9 Å². The minimum Gasteiger partial charge on any atom is -0.369 e. The first-order valence-corrected chi connectivity index (χ1v) is 10.2. The lowest BCUT2D eigenvalue weighted by Crippen LogP contribution is -2.22. The monoisotopic (exact) mass is 389 g/mol. The highest BCUT2D eigenvalue weighted by Gasteiger charge is 2.39. The molecule has 0 unspecified atom stereocenters. The van der Waals surface area contributed by atoms with Crippen molar-refractivity contribution in [3.05, 3.63) is 41.6 Å². The van der Waals surface area contributed by atoms with Gasteiger partial charge in [-0.05, 0) is 38.3 Å². The molecule has 0 bridgehead atoms. The van der Waals surface area contributed by atoms with Crippen molar-refractivity contribution in [2.24, 2.45) is 5.92 Å². The van der Waals surface area contributed by atoms with E-state index >= 15 is 0 Å². The van der Waals surface area contributed by atoms with Gasteiger partial charge in [0.25, 0.3) is 0 Å². The second kappa shape index (κ2) is 6.00. The van der Waals surface area contributed by atoms with Gasteiger partial charge < -0.3 is 9.72 Å². The van der Waals surface area contributed by atoms with E-state index in [0.29, 0.717) is 11.8 Å². The van der Waals surface area contributed by atoms with Crippen LogP contribution in [0.1, 0.15) is 56.3 Å². The van der Waals surface area contributed by atoms with Gasteiger partial charge in [0.2, 0.25) is 0 Å². The predicted molar refractivity (Wildman–Crippen MR) is 108 cm³/mol. The van der Waals surface area contributed by atoms with Crippen molar-refractivity contribution in [1.29, 1.82) is 0 Å². The number of hydrogen-bond acceptors (Lipinski definition) is 5. The molecule has 1 aliphatic carbocycles. The summed E-state index contributed by atoms with van der Waals surface area (Å²) in [6.45, 7) is 6.40. The molecule has 8 nitrogen and oxygen atoms in total. The molecule has 0 saturated heterocycles. The molecule has 0 radical (unpaired) electrons. The van der Waals surface area contributed by atoms with E-state index < -0.39 is 0 Å². The number of aromatic nitrogens is 7. The lowest BCUT2D eigenvalue weighted by atomic mass is 9.99. The molecule has 1 aliphatic heterocycles. The van der Waals surface area contributed by atoms with Crippen LogP contribution in [-0.4, -0.2) is 41.0 Å². The van der Waals surface area contributed by atoms with Crippen molar-refractivity contribution in [2.75, 3.05) is 0 Å². The number of nitrogens with one attached hydrogen (secondary N) is 2.